The molecule has 140 valence electrons. The molecule has 0 aliphatic carbocycles. The van der Waals surface area contributed by atoms with Gasteiger partial charge in [0.1, 0.15) is 0 Å². The summed E-state index contributed by atoms with van der Waals surface area (Å²) in [5.41, 5.74) is 2.72. The van der Waals surface area contributed by atoms with Crippen molar-refractivity contribution in [2.45, 2.75) is 13.5 Å². The van der Waals surface area contributed by atoms with Crippen molar-refractivity contribution in [2.75, 3.05) is 4.90 Å². The van der Waals surface area contributed by atoms with Gasteiger partial charge >= 0.3 is 0 Å². The van der Waals surface area contributed by atoms with E-state index in [1.165, 1.54) is 22.3 Å². The third kappa shape index (κ3) is 3.61. The smallest absolute Gasteiger partial charge is 0.260 e. The first-order chi connectivity index (χ1) is 13.5. The van der Waals surface area contributed by atoms with E-state index in [2.05, 4.69) is 9.97 Å². The van der Waals surface area contributed by atoms with Crippen LogP contribution in [0.25, 0.3) is 10.2 Å². The molecular formula is C21H15F2N3OS. The summed E-state index contributed by atoms with van der Waals surface area (Å²) in [7, 11) is 0. The second-order valence-corrected chi connectivity index (χ2v) is 7.36. The predicted octanol–water partition coefficient (Wildman–Crippen LogP) is 5.12. The maximum Gasteiger partial charge on any atom is 0.260 e. The lowest BCUT2D eigenvalue weighted by atomic mass is 10.1. The van der Waals surface area contributed by atoms with E-state index >= 15 is 0 Å². The van der Waals surface area contributed by atoms with Gasteiger partial charge in [-0.1, -0.05) is 23.5 Å². The Morgan fingerprint density at radius 1 is 1.11 bits per heavy atom. The van der Waals surface area contributed by atoms with Crippen LogP contribution in [0, 0.1) is 18.6 Å². The molecule has 1 amide bonds. The second-order valence-electron chi connectivity index (χ2n) is 6.35. The summed E-state index contributed by atoms with van der Waals surface area (Å²) in [6, 6.07) is 12.6. The number of pyridine rings is 1. The van der Waals surface area contributed by atoms with E-state index < -0.39 is 17.5 Å². The van der Waals surface area contributed by atoms with Gasteiger partial charge in [0, 0.05) is 18.0 Å². The topological polar surface area (TPSA) is 46.1 Å². The number of aromatic nitrogens is 2. The first-order valence-electron chi connectivity index (χ1n) is 8.54. The molecule has 0 aliphatic rings. The largest absolute Gasteiger partial charge is 0.279 e. The van der Waals surface area contributed by atoms with Crippen LogP contribution < -0.4 is 4.90 Å². The Morgan fingerprint density at radius 3 is 2.71 bits per heavy atom. The summed E-state index contributed by atoms with van der Waals surface area (Å²) in [6.45, 7) is 2.20. The van der Waals surface area contributed by atoms with Gasteiger partial charge in [-0.05, 0) is 54.4 Å². The zero-order valence-corrected chi connectivity index (χ0v) is 15.7. The summed E-state index contributed by atoms with van der Waals surface area (Å²) in [4.78, 5) is 23.3. The van der Waals surface area contributed by atoms with Crippen LogP contribution in [-0.4, -0.2) is 15.9 Å². The number of anilines is 1. The van der Waals surface area contributed by atoms with Crippen LogP contribution in [0.4, 0.5) is 13.9 Å². The highest BCUT2D eigenvalue weighted by Gasteiger charge is 2.23. The minimum absolute atomic E-state index is 0.0539. The maximum atomic E-state index is 13.7. The number of amides is 1. The van der Waals surface area contributed by atoms with Crippen LogP contribution in [0.15, 0.2) is 60.9 Å². The fourth-order valence-corrected chi connectivity index (χ4v) is 3.88. The zero-order chi connectivity index (χ0) is 19.7. The number of fused-ring (bicyclic) bond motifs is 1. The summed E-state index contributed by atoms with van der Waals surface area (Å²) < 4.78 is 27.9. The van der Waals surface area contributed by atoms with Crippen molar-refractivity contribution in [2.24, 2.45) is 0 Å². The SMILES string of the molecule is Cc1ccc2nc(N(Cc3cccnc3)C(=O)c3ccc(F)c(F)c3)sc2c1. The molecule has 0 aliphatic heterocycles. The first-order valence-corrected chi connectivity index (χ1v) is 9.36. The van der Waals surface area contributed by atoms with Gasteiger partial charge in [-0.25, -0.2) is 13.8 Å². The highest BCUT2D eigenvalue weighted by atomic mass is 32.1. The number of benzene rings is 2. The average molecular weight is 395 g/mol. The van der Waals surface area contributed by atoms with E-state index in [1.807, 2.05) is 31.2 Å². The van der Waals surface area contributed by atoms with E-state index in [-0.39, 0.29) is 12.1 Å². The molecule has 7 heteroatoms. The maximum absolute atomic E-state index is 13.7. The molecule has 0 saturated carbocycles. The Bertz CT molecular complexity index is 1160. The lowest BCUT2D eigenvalue weighted by Gasteiger charge is -2.20. The van der Waals surface area contributed by atoms with E-state index in [0.29, 0.717) is 5.13 Å². The van der Waals surface area contributed by atoms with Crippen LogP contribution in [0.1, 0.15) is 21.5 Å². The molecule has 0 N–H and O–H groups in total. The number of carbonyl (C=O) groups excluding carboxylic acids is 1. The minimum atomic E-state index is -1.06. The van der Waals surface area contributed by atoms with E-state index in [0.717, 1.165) is 33.5 Å². The number of hydrogen-bond donors (Lipinski definition) is 0. The average Bonchev–Trinajstić information content (AvgIpc) is 3.11. The first kappa shape index (κ1) is 18.2. The van der Waals surface area contributed by atoms with Crippen molar-refractivity contribution in [3.05, 3.63) is 89.2 Å². The number of carbonyl (C=O) groups is 1. The summed E-state index contributed by atoms with van der Waals surface area (Å²) >= 11 is 1.37. The number of nitrogens with zero attached hydrogens (tertiary/aromatic N) is 3. The molecule has 0 spiro atoms. The van der Waals surface area contributed by atoms with Crippen molar-refractivity contribution in [3.63, 3.8) is 0 Å². The molecule has 0 bridgehead atoms. The summed E-state index contributed by atoms with van der Waals surface area (Å²) in [5, 5.41) is 0.485. The van der Waals surface area contributed by atoms with Gasteiger partial charge in [0.25, 0.3) is 5.91 Å². The number of aryl methyl sites for hydroxylation is 1. The summed E-state index contributed by atoms with van der Waals surface area (Å²) in [6.07, 6.45) is 3.30. The van der Waals surface area contributed by atoms with Crippen LogP contribution in [-0.2, 0) is 6.54 Å². The number of thiazole rings is 1. The monoisotopic (exact) mass is 395 g/mol. The molecular weight excluding hydrogens is 380 g/mol. The predicted molar refractivity (Wildman–Crippen MR) is 105 cm³/mol. The Labute approximate surface area is 164 Å². The van der Waals surface area contributed by atoms with Gasteiger partial charge in [-0.15, -0.1) is 0 Å². The Kier molecular flexibility index (Phi) is 4.83. The quantitative estimate of drug-likeness (QED) is 0.482. The molecule has 0 radical (unpaired) electrons. The molecule has 4 aromatic rings. The molecule has 2 aromatic carbocycles. The lowest BCUT2D eigenvalue weighted by Crippen LogP contribution is -2.30. The summed E-state index contributed by atoms with van der Waals surface area (Å²) in [5.74, 6) is -2.52. The van der Waals surface area contributed by atoms with E-state index in [4.69, 9.17) is 0 Å². The fourth-order valence-electron chi connectivity index (χ4n) is 2.82. The van der Waals surface area contributed by atoms with Gasteiger partial charge < -0.3 is 0 Å². The van der Waals surface area contributed by atoms with Gasteiger partial charge in [0.2, 0.25) is 0 Å². The van der Waals surface area contributed by atoms with Crippen LogP contribution in [0.3, 0.4) is 0 Å². The number of hydrogen-bond acceptors (Lipinski definition) is 4. The van der Waals surface area contributed by atoms with Gasteiger partial charge in [0.15, 0.2) is 16.8 Å². The standard InChI is InChI=1S/C21H15F2N3OS/c1-13-4-7-18-19(9-13)28-21(25-18)26(12-14-3-2-8-24-11-14)20(27)15-5-6-16(22)17(23)10-15/h2-11H,12H2,1H3. The van der Waals surface area contributed by atoms with Crippen molar-refractivity contribution in [1.29, 1.82) is 0 Å². The third-order valence-corrected chi connectivity index (χ3v) is 5.28. The molecule has 4 rings (SSSR count). The lowest BCUT2D eigenvalue weighted by molar-refractivity contribution is 0.0984. The number of halogens is 2. The Balaban J connectivity index is 1.78. The Hall–Kier alpha value is -3.19. The highest BCUT2D eigenvalue weighted by molar-refractivity contribution is 7.22. The molecule has 0 fully saturated rings. The van der Waals surface area contributed by atoms with Crippen molar-refractivity contribution < 1.29 is 13.6 Å². The van der Waals surface area contributed by atoms with Crippen molar-refractivity contribution in [1.82, 2.24) is 9.97 Å². The third-order valence-electron chi connectivity index (χ3n) is 4.24. The minimum Gasteiger partial charge on any atom is -0.279 e. The normalized spacial score (nSPS) is 11.0. The molecule has 2 aromatic heterocycles. The van der Waals surface area contributed by atoms with Crippen LogP contribution in [0.2, 0.25) is 0 Å². The molecule has 0 atom stereocenters. The highest BCUT2D eigenvalue weighted by Crippen LogP contribution is 2.31. The fraction of sp³-hybridized carbons (Fsp3) is 0.0952. The van der Waals surface area contributed by atoms with Crippen LogP contribution in [0.5, 0.6) is 0 Å². The van der Waals surface area contributed by atoms with Gasteiger partial charge in [-0.3, -0.25) is 14.7 Å². The van der Waals surface area contributed by atoms with E-state index in [1.54, 1.807) is 18.5 Å². The molecule has 0 unspecified atom stereocenters. The Morgan fingerprint density at radius 2 is 1.96 bits per heavy atom. The van der Waals surface area contributed by atoms with Gasteiger partial charge in [0.05, 0.1) is 16.8 Å². The van der Waals surface area contributed by atoms with Crippen molar-refractivity contribution in [3.8, 4) is 0 Å². The molecule has 4 nitrogen and oxygen atoms in total. The van der Waals surface area contributed by atoms with Crippen molar-refractivity contribution >= 4 is 32.6 Å². The number of rotatable bonds is 4. The molecule has 28 heavy (non-hydrogen) atoms. The van der Waals surface area contributed by atoms with E-state index in [9.17, 15) is 13.6 Å². The molecule has 2 heterocycles. The van der Waals surface area contributed by atoms with Crippen LogP contribution >= 0.6 is 11.3 Å². The molecule has 0 saturated heterocycles. The van der Waals surface area contributed by atoms with Gasteiger partial charge in [-0.2, -0.15) is 0 Å². The zero-order valence-electron chi connectivity index (χ0n) is 14.9. The second kappa shape index (κ2) is 7.44.